The highest BCUT2D eigenvalue weighted by Gasteiger charge is 2.23. The molecule has 0 aliphatic rings. The smallest absolute Gasteiger partial charge is 0.183 e. The minimum atomic E-state index is -3.61. The number of hydrogen-bond acceptors (Lipinski definition) is 3. The van der Waals surface area contributed by atoms with E-state index in [2.05, 4.69) is 6.92 Å². The van der Waals surface area contributed by atoms with Gasteiger partial charge in [-0.1, -0.05) is 61.0 Å². The van der Waals surface area contributed by atoms with E-state index in [1.165, 1.54) is 0 Å². The van der Waals surface area contributed by atoms with Crippen molar-refractivity contribution in [2.24, 2.45) is 0 Å². The van der Waals surface area contributed by atoms with E-state index in [1.54, 1.807) is 24.3 Å². The van der Waals surface area contributed by atoms with Gasteiger partial charge in [0.25, 0.3) is 0 Å². The van der Waals surface area contributed by atoms with E-state index >= 15 is 0 Å². The Balaban J connectivity index is 1.92. The first-order valence-electron chi connectivity index (χ1n) is 9.90. The van der Waals surface area contributed by atoms with Crippen molar-refractivity contribution in [3.63, 3.8) is 0 Å². The Morgan fingerprint density at radius 2 is 1.67 bits per heavy atom. The van der Waals surface area contributed by atoms with Crippen LogP contribution in [0.1, 0.15) is 34.1 Å². The van der Waals surface area contributed by atoms with E-state index in [0.29, 0.717) is 16.8 Å². The van der Waals surface area contributed by atoms with E-state index in [0.717, 1.165) is 34.9 Å². The third-order valence-electron chi connectivity index (χ3n) is 5.35. The van der Waals surface area contributed by atoms with Crippen LogP contribution in [0.15, 0.2) is 77.8 Å². The van der Waals surface area contributed by atoms with Crippen LogP contribution in [0.5, 0.6) is 0 Å². The summed E-state index contributed by atoms with van der Waals surface area (Å²) < 4.78 is 28.5. The second kappa shape index (κ2) is 7.92. The van der Waals surface area contributed by atoms with E-state index in [4.69, 9.17) is 0 Å². The fraction of sp³-hybridized carbons (Fsp3) is 0.160. The molecule has 152 valence electrons. The molecule has 4 nitrogen and oxygen atoms in total. The molecule has 0 N–H and O–H groups in total. The molecule has 0 amide bonds. The molecule has 2 aromatic carbocycles. The van der Waals surface area contributed by atoms with Gasteiger partial charge in [-0.2, -0.15) is 0 Å². The van der Waals surface area contributed by atoms with Crippen molar-refractivity contribution in [2.75, 3.05) is 0 Å². The molecular weight excluding hydrogens is 394 g/mol. The van der Waals surface area contributed by atoms with Crippen molar-refractivity contribution >= 4 is 21.6 Å². The highest BCUT2D eigenvalue weighted by atomic mass is 32.2. The molecule has 0 fully saturated rings. The Morgan fingerprint density at radius 1 is 0.900 bits per heavy atom. The minimum absolute atomic E-state index is 0.0896. The Hall–Kier alpha value is -3.18. The number of carbonyl (C=O) groups is 1. The Morgan fingerprint density at radius 3 is 2.37 bits per heavy atom. The Bertz CT molecular complexity index is 1340. The maximum absolute atomic E-state index is 13.3. The summed E-state index contributed by atoms with van der Waals surface area (Å²) in [5.74, 6) is -0.0896. The fourth-order valence-corrected chi connectivity index (χ4v) is 5.34. The topological polar surface area (TPSA) is 55.6 Å². The van der Waals surface area contributed by atoms with Gasteiger partial charge in [0.1, 0.15) is 0 Å². The first-order chi connectivity index (χ1) is 14.4. The Kier molecular flexibility index (Phi) is 5.31. The molecule has 2 aromatic heterocycles. The predicted octanol–water partition coefficient (Wildman–Crippen LogP) is 5.26. The summed E-state index contributed by atoms with van der Waals surface area (Å²) in [7, 11) is -3.61. The maximum Gasteiger partial charge on any atom is 0.183 e. The molecule has 0 saturated carbocycles. The number of nitrogens with zero attached hydrogens (tertiary/aromatic N) is 1. The lowest BCUT2D eigenvalue weighted by molar-refractivity contribution is 0.111. The number of benzene rings is 2. The maximum atomic E-state index is 13.3. The summed E-state index contributed by atoms with van der Waals surface area (Å²) in [6.45, 7) is 3.98. The lowest BCUT2D eigenvalue weighted by Gasteiger charge is -2.12. The van der Waals surface area contributed by atoms with Crippen LogP contribution in [0.2, 0.25) is 0 Å². The lowest BCUT2D eigenvalue weighted by Crippen LogP contribution is -2.07. The van der Waals surface area contributed by atoms with E-state index in [9.17, 15) is 13.2 Å². The number of fused-ring (bicyclic) bond motifs is 1. The third-order valence-corrected chi connectivity index (χ3v) is 7.09. The molecule has 2 heterocycles. The van der Waals surface area contributed by atoms with Crippen molar-refractivity contribution in [1.29, 1.82) is 0 Å². The van der Waals surface area contributed by atoms with Crippen LogP contribution < -0.4 is 0 Å². The molecule has 5 heteroatoms. The molecule has 0 atom stereocenters. The second-order valence-electron chi connectivity index (χ2n) is 7.49. The monoisotopic (exact) mass is 417 g/mol. The minimum Gasteiger partial charge on any atom is -0.313 e. The zero-order valence-corrected chi connectivity index (χ0v) is 17.8. The van der Waals surface area contributed by atoms with Crippen molar-refractivity contribution in [1.82, 2.24) is 4.40 Å². The largest absolute Gasteiger partial charge is 0.313 e. The molecular formula is C25H23NO3S. The first kappa shape index (κ1) is 20.1. The van der Waals surface area contributed by atoms with Crippen LogP contribution in [-0.4, -0.2) is 19.1 Å². The van der Waals surface area contributed by atoms with Crippen LogP contribution in [0.25, 0.3) is 16.6 Å². The molecule has 0 radical (unpaired) electrons. The first-order valence-corrected chi connectivity index (χ1v) is 11.5. The molecule has 0 saturated heterocycles. The summed E-state index contributed by atoms with van der Waals surface area (Å²) in [6, 6.07) is 20.3. The van der Waals surface area contributed by atoms with E-state index in [-0.39, 0.29) is 10.6 Å². The number of hydrogen-bond donors (Lipinski definition) is 0. The number of aromatic nitrogens is 1. The van der Waals surface area contributed by atoms with Gasteiger partial charge in [0.05, 0.1) is 16.3 Å². The van der Waals surface area contributed by atoms with Gasteiger partial charge in [0.15, 0.2) is 16.1 Å². The van der Waals surface area contributed by atoms with Gasteiger partial charge < -0.3 is 4.40 Å². The number of aryl methyl sites for hydroxylation is 2. The summed E-state index contributed by atoms with van der Waals surface area (Å²) in [5.41, 5.74) is 5.29. The molecule has 30 heavy (non-hydrogen) atoms. The average Bonchev–Trinajstić information content (AvgIpc) is 3.11. The van der Waals surface area contributed by atoms with Gasteiger partial charge in [-0.15, -0.1) is 0 Å². The highest BCUT2D eigenvalue weighted by molar-refractivity contribution is 7.90. The number of pyridine rings is 1. The lowest BCUT2D eigenvalue weighted by atomic mass is 10.0. The SMILES string of the molecule is CCc1ccc2cc(-c3cc(C)ccc3S(=O)(=O)Cc3ccccc3)c(C=O)n2c1. The van der Waals surface area contributed by atoms with E-state index in [1.807, 2.05) is 60.0 Å². The van der Waals surface area contributed by atoms with Crippen LogP contribution in [0.3, 0.4) is 0 Å². The summed E-state index contributed by atoms with van der Waals surface area (Å²) in [4.78, 5) is 12.3. The van der Waals surface area contributed by atoms with Gasteiger partial charge in [-0.05, 0) is 42.7 Å². The van der Waals surface area contributed by atoms with Crippen molar-refractivity contribution < 1.29 is 13.2 Å². The van der Waals surface area contributed by atoms with E-state index < -0.39 is 9.84 Å². The summed E-state index contributed by atoms with van der Waals surface area (Å²) in [5, 5.41) is 0. The molecule has 0 spiro atoms. The zero-order chi connectivity index (χ0) is 21.3. The average molecular weight is 418 g/mol. The molecule has 0 bridgehead atoms. The third kappa shape index (κ3) is 3.68. The highest BCUT2D eigenvalue weighted by Crippen LogP contribution is 2.34. The zero-order valence-electron chi connectivity index (χ0n) is 17.0. The van der Waals surface area contributed by atoms with Crippen LogP contribution >= 0.6 is 0 Å². The second-order valence-corrected chi connectivity index (χ2v) is 9.45. The quantitative estimate of drug-likeness (QED) is 0.402. The molecule has 0 aliphatic heterocycles. The number of sulfone groups is 1. The van der Waals surface area contributed by atoms with Crippen molar-refractivity contribution in [3.8, 4) is 11.1 Å². The summed E-state index contributed by atoms with van der Waals surface area (Å²) >= 11 is 0. The van der Waals surface area contributed by atoms with Crippen molar-refractivity contribution in [2.45, 2.75) is 30.9 Å². The predicted molar refractivity (Wildman–Crippen MR) is 120 cm³/mol. The van der Waals surface area contributed by atoms with Gasteiger partial charge in [-0.25, -0.2) is 8.42 Å². The molecule has 0 aliphatic carbocycles. The summed E-state index contributed by atoms with van der Waals surface area (Å²) in [6.07, 6.45) is 3.59. The van der Waals surface area contributed by atoms with Gasteiger partial charge in [0, 0.05) is 22.8 Å². The van der Waals surface area contributed by atoms with Gasteiger partial charge >= 0.3 is 0 Å². The number of aldehydes is 1. The van der Waals surface area contributed by atoms with Crippen LogP contribution in [0.4, 0.5) is 0 Å². The normalized spacial score (nSPS) is 11.7. The molecule has 4 aromatic rings. The molecule has 4 rings (SSSR count). The van der Waals surface area contributed by atoms with Crippen LogP contribution in [0, 0.1) is 6.92 Å². The van der Waals surface area contributed by atoms with Gasteiger partial charge in [0.2, 0.25) is 0 Å². The molecule has 0 unspecified atom stereocenters. The van der Waals surface area contributed by atoms with Crippen LogP contribution in [-0.2, 0) is 22.0 Å². The number of rotatable bonds is 6. The Labute approximate surface area is 176 Å². The fourth-order valence-electron chi connectivity index (χ4n) is 3.78. The van der Waals surface area contributed by atoms with Gasteiger partial charge in [-0.3, -0.25) is 4.79 Å². The van der Waals surface area contributed by atoms with Crippen molar-refractivity contribution in [3.05, 3.63) is 95.3 Å². The standard InChI is InChI=1S/C25H23NO3S/c1-3-19-10-11-21-14-22(24(16-27)26(21)15-19)23-13-18(2)9-12-25(23)30(28,29)17-20-7-5-4-6-8-20/h4-16H,3,17H2,1-2H3. The number of carbonyl (C=O) groups excluding carboxylic acids is 1.